The normalized spacial score (nSPS) is 24.5. The van der Waals surface area contributed by atoms with E-state index in [1.807, 2.05) is 6.92 Å². The molecule has 0 atom stereocenters. The van der Waals surface area contributed by atoms with Crippen molar-refractivity contribution in [1.29, 1.82) is 5.26 Å². The lowest BCUT2D eigenvalue weighted by Gasteiger charge is -2.20. The molecule has 0 aromatic heterocycles. The van der Waals surface area contributed by atoms with E-state index in [2.05, 4.69) is 13.0 Å². The first-order chi connectivity index (χ1) is 5.24. The highest BCUT2D eigenvalue weighted by Gasteiger charge is 2.13. The Bertz CT molecular complexity index is 197. The van der Waals surface area contributed by atoms with Gasteiger partial charge in [-0.2, -0.15) is 5.26 Å². The maximum atomic E-state index is 8.65. The van der Waals surface area contributed by atoms with Crippen molar-refractivity contribution in [3.8, 4) is 6.07 Å². The zero-order chi connectivity index (χ0) is 8.27. The van der Waals surface area contributed by atoms with Crippen LogP contribution in [-0.2, 0) is 0 Å². The third kappa shape index (κ3) is 2.08. The van der Waals surface area contributed by atoms with Crippen molar-refractivity contribution in [2.24, 2.45) is 5.92 Å². The monoisotopic (exact) mass is 149 g/mol. The van der Waals surface area contributed by atoms with Crippen molar-refractivity contribution in [1.82, 2.24) is 0 Å². The van der Waals surface area contributed by atoms with Crippen LogP contribution >= 0.6 is 0 Å². The van der Waals surface area contributed by atoms with Gasteiger partial charge in [-0.25, -0.2) is 0 Å². The molecule has 0 bridgehead atoms. The summed E-state index contributed by atoms with van der Waals surface area (Å²) in [5, 5.41) is 8.65. The van der Waals surface area contributed by atoms with Gasteiger partial charge in [0.25, 0.3) is 0 Å². The number of nitrogens with zero attached hydrogens (tertiary/aromatic N) is 1. The van der Waals surface area contributed by atoms with Crippen molar-refractivity contribution >= 4 is 0 Å². The Kier molecular flexibility index (Phi) is 2.70. The van der Waals surface area contributed by atoms with E-state index >= 15 is 0 Å². The average molecular weight is 149 g/mol. The quantitative estimate of drug-likeness (QED) is 0.486. The summed E-state index contributed by atoms with van der Waals surface area (Å²) < 4.78 is 0. The van der Waals surface area contributed by atoms with Gasteiger partial charge in [0.15, 0.2) is 0 Å². The van der Waals surface area contributed by atoms with Crippen LogP contribution in [0.2, 0.25) is 0 Å². The molecule has 0 amide bonds. The molecule has 0 heterocycles. The molecule has 11 heavy (non-hydrogen) atoms. The van der Waals surface area contributed by atoms with Gasteiger partial charge in [-0.05, 0) is 38.5 Å². The van der Waals surface area contributed by atoms with Crippen LogP contribution in [0, 0.1) is 17.2 Å². The summed E-state index contributed by atoms with van der Waals surface area (Å²) in [6.07, 6.45) is 4.85. The standard InChI is InChI=1S/C10H15N/c1-8-3-5-10(6-4-8)9(2)7-11/h8H,3-6H2,1-2H3. The average Bonchev–Trinajstić information content (AvgIpc) is 2.05. The van der Waals surface area contributed by atoms with E-state index in [0.29, 0.717) is 0 Å². The summed E-state index contributed by atoms with van der Waals surface area (Å²) >= 11 is 0. The summed E-state index contributed by atoms with van der Waals surface area (Å²) in [7, 11) is 0. The number of rotatable bonds is 0. The highest BCUT2D eigenvalue weighted by atomic mass is 14.3. The maximum Gasteiger partial charge on any atom is 0.0943 e. The SMILES string of the molecule is CC(C#N)=C1CCC(C)CC1. The largest absolute Gasteiger partial charge is 0.193 e. The third-order valence-corrected chi connectivity index (χ3v) is 2.58. The fourth-order valence-electron chi connectivity index (χ4n) is 1.56. The summed E-state index contributed by atoms with van der Waals surface area (Å²) in [6, 6.07) is 2.23. The predicted molar refractivity (Wildman–Crippen MR) is 45.9 cm³/mol. The van der Waals surface area contributed by atoms with Crippen LogP contribution in [-0.4, -0.2) is 0 Å². The minimum absolute atomic E-state index is 0.866. The van der Waals surface area contributed by atoms with Crippen LogP contribution in [0.25, 0.3) is 0 Å². The van der Waals surface area contributed by atoms with Gasteiger partial charge in [-0.15, -0.1) is 0 Å². The second kappa shape index (κ2) is 3.57. The second-order valence-corrected chi connectivity index (χ2v) is 3.52. The van der Waals surface area contributed by atoms with Crippen molar-refractivity contribution in [2.45, 2.75) is 39.5 Å². The van der Waals surface area contributed by atoms with E-state index in [0.717, 1.165) is 24.3 Å². The Labute approximate surface area is 68.7 Å². The molecule has 1 aliphatic rings. The Balaban J connectivity index is 2.59. The summed E-state index contributed by atoms with van der Waals surface area (Å²) in [6.45, 7) is 4.23. The maximum absolute atomic E-state index is 8.65. The van der Waals surface area contributed by atoms with Crippen molar-refractivity contribution in [2.75, 3.05) is 0 Å². The summed E-state index contributed by atoms with van der Waals surface area (Å²) in [4.78, 5) is 0. The molecule has 1 saturated carbocycles. The van der Waals surface area contributed by atoms with E-state index < -0.39 is 0 Å². The molecule has 0 radical (unpaired) electrons. The van der Waals surface area contributed by atoms with Gasteiger partial charge in [0, 0.05) is 5.57 Å². The number of hydrogen-bond donors (Lipinski definition) is 0. The predicted octanol–water partition coefficient (Wildman–Crippen LogP) is 3.04. The van der Waals surface area contributed by atoms with E-state index in [4.69, 9.17) is 5.26 Å². The van der Waals surface area contributed by atoms with Crippen LogP contribution in [0.15, 0.2) is 11.1 Å². The first-order valence-corrected chi connectivity index (χ1v) is 4.32. The van der Waals surface area contributed by atoms with Gasteiger partial charge >= 0.3 is 0 Å². The number of nitriles is 1. The Morgan fingerprint density at radius 3 is 2.45 bits per heavy atom. The molecule has 0 N–H and O–H groups in total. The molecule has 1 aliphatic carbocycles. The molecule has 60 valence electrons. The van der Waals surface area contributed by atoms with E-state index in [9.17, 15) is 0 Å². The lowest BCUT2D eigenvalue weighted by atomic mass is 9.85. The van der Waals surface area contributed by atoms with E-state index in [-0.39, 0.29) is 0 Å². The smallest absolute Gasteiger partial charge is 0.0943 e. The molecule has 0 aromatic rings. The fraction of sp³-hybridized carbons (Fsp3) is 0.700. The van der Waals surface area contributed by atoms with Crippen molar-refractivity contribution in [3.05, 3.63) is 11.1 Å². The van der Waals surface area contributed by atoms with Crippen LogP contribution in [0.1, 0.15) is 39.5 Å². The lowest BCUT2D eigenvalue weighted by molar-refractivity contribution is 0.442. The Morgan fingerprint density at radius 1 is 1.45 bits per heavy atom. The van der Waals surface area contributed by atoms with Crippen LogP contribution < -0.4 is 0 Å². The van der Waals surface area contributed by atoms with Crippen LogP contribution in [0.3, 0.4) is 0 Å². The van der Waals surface area contributed by atoms with Gasteiger partial charge in [-0.1, -0.05) is 12.5 Å². The molecular formula is C10H15N. The van der Waals surface area contributed by atoms with Crippen LogP contribution in [0.5, 0.6) is 0 Å². The zero-order valence-electron chi connectivity index (χ0n) is 7.35. The molecule has 1 heteroatoms. The van der Waals surface area contributed by atoms with E-state index in [1.54, 1.807) is 0 Å². The van der Waals surface area contributed by atoms with Gasteiger partial charge < -0.3 is 0 Å². The second-order valence-electron chi connectivity index (χ2n) is 3.52. The molecule has 1 rings (SSSR count). The topological polar surface area (TPSA) is 23.8 Å². The molecule has 0 saturated heterocycles. The van der Waals surface area contributed by atoms with Crippen molar-refractivity contribution in [3.63, 3.8) is 0 Å². The minimum atomic E-state index is 0.866. The fourth-order valence-corrected chi connectivity index (χ4v) is 1.56. The first-order valence-electron chi connectivity index (χ1n) is 4.32. The van der Waals surface area contributed by atoms with Gasteiger partial charge in [-0.3, -0.25) is 0 Å². The summed E-state index contributed by atoms with van der Waals surface area (Å²) in [5.74, 6) is 0.866. The number of hydrogen-bond acceptors (Lipinski definition) is 1. The highest BCUT2D eigenvalue weighted by molar-refractivity contribution is 5.26. The Hall–Kier alpha value is -0.770. The molecule has 1 fully saturated rings. The molecule has 0 unspecified atom stereocenters. The van der Waals surface area contributed by atoms with Crippen molar-refractivity contribution < 1.29 is 0 Å². The molecule has 0 aliphatic heterocycles. The molecular weight excluding hydrogens is 134 g/mol. The Morgan fingerprint density at radius 2 is 2.00 bits per heavy atom. The van der Waals surface area contributed by atoms with Gasteiger partial charge in [0.1, 0.15) is 0 Å². The van der Waals surface area contributed by atoms with Gasteiger partial charge in [0.2, 0.25) is 0 Å². The van der Waals surface area contributed by atoms with Gasteiger partial charge in [0.05, 0.1) is 6.07 Å². The van der Waals surface area contributed by atoms with E-state index in [1.165, 1.54) is 18.4 Å². The van der Waals surface area contributed by atoms with Crippen LogP contribution in [0.4, 0.5) is 0 Å². The highest BCUT2D eigenvalue weighted by Crippen LogP contribution is 2.29. The minimum Gasteiger partial charge on any atom is -0.193 e. The molecule has 0 aromatic carbocycles. The summed E-state index contributed by atoms with van der Waals surface area (Å²) in [5.41, 5.74) is 2.35. The molecule has 0 spiro atoms. The third-order valence-electron chi connectivity index (χ3n) is 2.58. The lowest BCUT2D eigenvalue weighted by Crippen LogP contribution is -2.04. The zero-order valence-corrected chi connectivity index (χ0v) is 7.35. The molecule has 1 nitrogen and oxygen atoms in total. The number of allylic oxidation sites excluding steroid dienone is 2. The first kappa shape index (κ1) is 8.33.